The minimum Gasteiger partial charge on any atom is -0.486 e. The van der Waals surface area contributed by atoms with E-state index < -0.39 is 0 Å². The van der Waals surface area contributed by atoms with Crippen molar-refractivity contribution in [3.05, 3.63) is 88.4 Å². The maximum Gasteiger partial charge on any atom is 0.286 e. The maximum atomic E-state index is 13.7. The number of furan rings is 1. The number of carbonyl (C=O) groups is 2. The third kappa shape index (κ3) is 6.38. The van der Waals surface area contributed by atoms with Crippen LogP contribution in [0.15, 0.2) is 59.0 Å². The summed E-state index contributed by atoms with van der Waals surface area (Å²) in [5.41, 5.74) is 4.70. The van der Waals surface area contributed by atoms with Crippen molar-refractivity contribution in [1.29, 1.82) is 0 Å². The Morgan fingerprint density at radius 2 is 1.90 bits per heavy atom. The van der Waals surface area contributed by atoms with E-state index in [-0.39, 0.29) is 30.4 Å². The third-order valence-electron chi connectivity index (χ3n) is 7.96. The quantitative estimate of drug-likeness (QED) is 0.339. The van der Waals surface area contributed by atoms with Crippen LogP contribution in [0.4, 0.5) is 0 Å². The largest absolute Gasteiger partial charge is 0.486 e. The van der Waals surface area contributed by atoms with Gasteiger partial charge in [-0.1, -0.05) is 62.6 Å². The zero-order valence-electron chi connectivity index (χ0n) is 23.4. The molecule has 1 saturated carbocycles. The molecule has 1 fully saturated rings. The molecule has 0 radical (unpaired) electrons. The van der Waals surface area contributed by atoms with Crippen LogP contribution in [0.3, 0.4) is 0 Å². The van der Waals surface area contributed by atoms with Crippen LogP contribution >= 0.6 is 0 Å². The highest BCUT2D eigenvalue weighted by Gasteiger charge is 2.36. The lowest BCUT2D eigenvalue weighted by molar-refractivity contribution is -0.137. The molecule has 3 aromatic rings. The van der Waals surface area contributed by atoms with Crippen LogP contribution in [0.5, 0.6) is 5.75 Å². The Balaban J connectivity index is 1.34. The Bertz CT molecular complexity index is 1300. The minimum atomic E-state index is -0.205. The number of hydrogen-bond donors (Lipinski definition) is 1. The molecule has 0 bridgehead atoms. The van der Waals surface area contributed by atoms with Gasteiger partial charge in [0.2, 0.25) is 5.91 Å². The van der Waals surface area contributed by atoms with Crippen molar-refractivity contribution < 1.29 is 18.7 Å². The summed E-state index contributed by atoms with van der Waals surface area (Å²) in [6.45, 7) is 7.93. The molecule has 2 aliphatic rings. The average molecular weight is 529 g/mol. The van der Waals surface area contributed by atoms with E-state index in [4.69, 9.17) is 9.15 Å². The molecule has 206 valence electrons. The van der Waals surface area contributed by atoms with E-state index in [2.05, 4.69) is 67.4 Å². The van der Waals surface area contributed by atoms with Gasteiger partial charge in [0.1, 0.15) is 18.1 Å². The van der Waals surface area contributed by atoms with Gasteiger partial charge in [-0.3, -0.25) is 9.59 Å². The number of carbonyl (C=O) groups excluding carboxylic acids is 2. The van der Waals surface area contributed by atoms with E-state index in [1.165, 1.54) is 11.1 Å². The van der Waals surface area contributed by atoms with Gasteiger partial charge in [-0.2, -0.15) is 0 Å². The van der Waals surface area contributed by atoms with E-state index in [9.17, 15) is 9.59 Å². The van der Waals surface area contributed by atoms with Crippen LogP contribution in [0.1, 0.15) is 90.6 Å². The summed E-state index contributed by atoms with van der Waals surface area (Å²) in [5.74, 6) is 2.35. The van der Waals surface area contributed by atoms with Crippen LogP contribution in [0.25, 0.3) is 0 Å². The first-order valence-corrected chi connectivity index (χ1v) is 14.4. The first-order valence-electron chi connectivity index (χ1n) is 14.4. The maximum absolute atomic E-state index is 13.7. The third-order valence-corrected chi connectivity index (χ3v) is 7.96. The molecule has 1 aliphatic carbocycles. The highest BCUT2D eigenvalue weighted by molar-refractivity contribution is 5.91. The Morgan fingerprint density at radius 1 is 1.08 bits per heavy atom. The smallest absolute Gasteiger partial charge is 0.286 e. The fraction of sp³-hybridized carbons (Fsp3) is 0.455. The number of rotatable bonds is 9. The number of ether oxygens (including phenoxy) is 1. The van der Waals surface area contributed by atoms with Crippen LogP contribution < -0.4 is 10.1 Å². The van der Waals surface area contributed by atoms with E-state index in [1.54, 1.807) is 12.1 Å². The highest BCUT2D eigenvalue weighted by Crippen LogP contribution is 2.40. The molecule has 6 nitrogen and oxygen atoms in total. The summed E-state index contributed by atoms with van der Waals surface area (Å²) in [6, 6.07) is 18.0. The van der Waals surface area contributed by atoms with Gasteiger partial charge < -0.3 is 19.4 Å². The molecular weight excluding hydrogens is 488 g/mol. The number of fused-ring (bicyclic) bond motifs is 1. The number of hydrogen-bond acceptors (Lipinski definition) is 4. The van der Waals surface area contributed by atoms with Crippen molar-refractivity contribution in [2.24, 2.45) is 11.8 Å². The molecule has 1 atom stereocenters. The Hall–Kier alpha value is -3.54. The zero-order chi connectivity index (χ0) is 27.4. The van der Waals surface area contributed by atoms with Gasteiger partial charge in [0, 0.05) is 19.0 Å². The molecule has 5 rings (SSSR count). The Labute approximate surface area is 231 Å². The summed E-state index contributed by atoms with van der Waals surface area (Å²) in [5, 5.41) is 2.90. The molecule has 2 aromatic carbocycles. The molecule has 1 aromatic heterocycles. The summed E-state index contributed by atoms with van der Waals surface area (Å²) in [7, 11) is 0. The van der Waals surface area contributed by atoms with E-state index in [0.717, 1.165) is 61.9 Å². The molecule has 6 heteroatoms. The van der Waals surface area contributed by atoms with Crippen molar-refractivity contribution in [1.82, 2.24) is 10.2 Å². The number of benzene rings is 2. The predicted octanol–water partition coefficient (Wildman–Crippen LogP) is 6.61. The van der Waals surface area contributed by atoms with Crippen LogP contribution in [-0.4, -0.2) is 29.8 Å². The lowest BCUT2D eigenvalue weighted by Crippen LogP contribution is -2.43. The minimum absolute atomic E-state index is 0.130. The van der Waals surface area contributed by atoms with Gasteiger partial charge in [0.05, 0.1) is 6.04 Å². The van der Waals surface area contributed by atoms with Crippen LogP contribution in [-0.2, 0) is 17.8 Å². The fourth-order valence-electron chi connectivity index (χ4n) is 5.82. The van der Waals surface area contributed by atoms with E-state index in [1.807, 2.05) is 6.07 Å². The van der Waals surface area contributed by atoms with E-state index in [0.29, 0.717) is 24.0 Å². The van der Waals surface area contributed by atoms with Gasteiger partial charge in [0.25, 0.3) is 5.91 Å². The van der Waals surface area contributed by atoms with Crippen LogP contribution in [0.2, 0.25) is 0 Å². The second-order valence-electron chi connectivity index (χ2n) is 11.4. The standard InChI is InChI=1S/C33H40N2O4/c1-22(2)15-17-34-32(36)30-14-13-28(39-30)21-38-27-12-11-24-16-18-35(33(37)25-8-4-5-9-25)31(29(24)20-27)26-10-6-7-23(3)19-26/h6-7,10-14,19-20,22,25,31H,4-5,8-9,15-18,21H2,1-3H3,(H,34,36)/t31-/m0/s1. The van der Waals surface area contributed by atoms with Gasteiger partial charge in [-0.15, -0.1) is 0 Å². The van der Waals surface area contributed by atoms with Gasteiger partial charge in [0.15, 0.2) is 5.76 Å². The van der Waals surface area contributed by atoms with Crippen molar-refractivity contribution in [2.45, 2.75) is 71.9 Å². The van der Waals surface area contributed by atoms with E-state index >= 15 is 0 Å². The number of nitrogens with one attached hydrogen (secondary N) is 1. The fourth-order valence-corrected chi connectivity index (χ4v) is 5.82. The molecular formula is C33H40N2O4. The number of nitrogens with zero attached hydrogens (tertiary/aromatic N) is 1. The Kier molecular flexibility index (Phi) is 8.39. The molecule has 2 heterocycles. The second kappa shape index (κ2) is 12.1. The van der Waals surface area contributed by atoms with Gasteiger partial charge >= 0.3 is 0 Å². The van der Waals surface area contributed by atoms with Crippen molar-refractivity contribution in [2.75, 3.05) is 13.1 Å². The topological polar surface area (TPSA) is 71.8 Å². The number of amides is 2. The average Bonchev–Trinajstić information content (AvgIpc) is 3.63. The summed E-state index contributed by atoms with van der Waals surface area (Å²) in [4.78, 5) is 28.2. The lowest BCUT2D eigenvalue weighted by atomic mass is 9.86. The first kappa shape index (κ1) is 27.0. The molecule has 0 saturated heterocycles. The summed E-state index contributed by atoms with van der Waals surface area (Å²) in [6.07, 6.45) is 6.03. The monoisotopic (exact) mass is 528 g/mol. The zero-order valence-corrected chi connectivity index (χ0v) is 23.4. The van der Waals surface area contributed by atoms with Crippen LogP contribution in [0, 0.1) is 18.8 Å². The Morgan fingerprint density at radius 3 is 2.67 bits per heavy atom. The molecule has 0 unspecified atom stereocenters. The van der Waals surface area contributed by atoms with Crippen molar-refractivity contribution in [3.63, 3.8) is 0 Å². The molecule has 39 heavy (non-hydrogen) atoms. The number of aryl methyl sites for hydroxylation is 1. The van der Waals surface area contributed by atoms with Gasteiger partial charge in [-0.05, 0) is 79.5 Å². The molecule has 1 N–H and O–H groups in total. The molecule has 1 aliphatic heterocycles. The normalized spacial score (nSPS) is 17.3. The van der Waals surface area contributed by atoms with Crippen molar-refractivity contribution in [3.8, 4) is 5.75 Å². The molecule has 0 spiro atoms. The highest BCUT2D eigenvalue weighted by atomic mass is 16.5. The van der Waals surface area contributed by atoms with Gasteiger partial charge in [-0.25, -0.2) is 0 Å². The van der Waals surface area contributed by atoms with Crippen molar-refractivity contribution >= 4 is 11.8 Å². The molecule has 2 amide bonds. The summed E-state index contributed by atoms with van der Waals surface area (Å²) < 4.78 is 11.9. The second-order valence-corrected chi connectivity index (χ2v) is 11.4. The summed E-state index contributed by atoms with van der Waals surface area (Å²) >= 11 is 0. The SMILES string of the molecule is Cc1cccc([C@H]2c3cc(OCc4ccc(C(=O)NCCC(C)C)o4)ccc3CCN2C(=O)C2CCCC2)c1. The predicted molar refractivity (Wildman–Crippen MR) is 152 cm³/mol. The lowest BCUT2D eigenvalue weighted by Gasteiger charge is -2.39. The first-order chi connectivity index (χ1) is 18.9.